The van der Waals surface area contributed by atoms with Gasteiger partial charge < -0.3 is 10.9 Å². The zero-order valence-electron chi connectivity index (χ0n) is 9.79. The maximum absolute atomic E-state index is 8.92. The summed E-state index contributed by atoms with van der Waals surface area (Å²) >= 11 is 0. The average molecular weight is 234 g/mol. The van der Waals surface area contributed by atoms with Crippen LogP contribution in [0.2, 0.25) is 0 Å². The number of rotatable bonds is 3. The van der Waals surface area contributed by atoms with Crippen molar-refractivity contribution in [3.8, 4) is 0 Å². The number of pyridine rings is 1. The van der Waals surface area contributed by atoms with Crippen molar-refractivity contribution in [1.82, 2.24) is 9.88 Å². The van der Waals surface area contributed by atoms with Crippen molar-refractivity contribution in [3.63, 3.8) is 0 Å². The van der Waals surface area contributed by atoms with Crippen LogP contribution in [-0.4, -0.2) is 34.0 Å². The van der Waals surface area contributed by atoms with Crippen molar-refractivity contribution in [1.29, 1.82) is 0 Å². The van der Waals surface area contributed by atoms with E-state index >= 15 is 0 Å². The van der Waals surface area contributed by atoms with E-state index in [2.05, 4.69) is 15.0 Å². The molecule has 0 spiro atoms. The minimum atomic E-state index is -0.136. The van der Waals surface area contributed by atoms with Crippen LogP contribution < -0.4 is 5.73 Å². The van der Waals surface area contributed by atoms with Gasteiger partial charge in [0.05, 0.1) is 6.04 Å². The molecule has 3 N–H and O–H groups in total. The van der Waals surface area contributed by atoms with Gasteiger partial charge in [-0.05, 0) is 43.6 Å². The summed E-state index contributed by atoms with van der Waals surface area (Å²) in [6.07, 6.45) is 7.06. The van der Waals surface area contributed by atoms with Crippen molar-refractivity contribution >= 4 is 5.84 Å². The van der Waals surface area contributed by atoms with Gasteiger partial charge in [0.15, 0.2) is 5.84 Å². The van der Waals surface area contributed by atoms with Crippen LogP contribution in [0.25, 0.3) is 0 Å². The Balaban J connectivity index is 2.25. The van der Waals surface area contributed by atoms with Gasteiger partial charge >= 0.3 is 0 Å². The molecule has 0 radical (unpaired) electrons. The third-order valence-electron chi connectivity index (χ3n) is 3.17. The molecular formula is C12H18N4O. The van der Waals surface area contributed by atoms with Crippen LogP contribution >= 0.6 is 0 Å². The predicted octanol–water partition coefficient (Wildman–Crippen LogP) is 1.35. The first-order valence-corrected chi connectivity index (χ1v) is 5.94. The molecule has 1 saturated heterocycles. The normalized spacial score (nSPS) is 20.1. The fourth-order valence-electron chi connectivity index (χ4n) is 2.35. The van der Waals surface area contributed by atoms with Crippen molar-refractivity contribution in [2.24, 2.45) is 10.9 Å². The van der Waals surface area contributed by atoms with Crippen LogP contribution in [0.5, 0.6) is 0 Å². The number of likely N-dealkylation sites (tertiary alicyclic amines) is 1. The Morgan fingerprint density at radius 1 is 1.29 bits per heavy atom. The predicted molar refractivity (Wildman–Crippen MR) is 65.8 cm³/mol. The smallest absolute Gasteiger partial charge is 0.161 e. The van der Waals surface area contributed by atoms with Gasteiger partial charge in [-0.25, -0.2) is 0 Å². The molecule has 1 aliphatic heterocycles. The van der Waals surface area contributed by atoms with Gasteiger partial charge in [0.25, 0.3) is 0 Å². The van der Waals surface area contributed by atoms with Crippen LogP contribution in [0.15, 0.2) is 29.7 Å². The molecule has 1 aromatic rings. The van der Waals surface area contributed by atoms with E-state index in [0.717, 1.165) is 18.7 Å². The molecule has 0 bridgehead atoms. The van der Waals surface area contributed by atoms with Crippen LogP contribution in [-0.2, 0) is 0 Å². The first-order chi connectivity index (χ1) is 8.33. The van der Waals surface area contributed by atoms with E-state index in [9.17, 15) is 0 Å². The van der Waals surface area contributed by atoms with Gasteiger partial charge in [-0.2, -0.15) is 0 Å². The topological polar surface area (TPSA) is 74.7 Å². The monoisotopic (exact) mass is 234 g/mol. The SMILES string of the molecule is NC(=NO)[C@@H](c1ccncc1)N1CCCCC1. The second kappa shape index (κ2) is 5.63. The highest BCUT2D eigenvalue weighted by Crippen LogP contribution is 2.24. The molecule has 1 atom stereocenters. The summed E-state index contributed by atoms with van der Waals surface area (Å²) in [5, 5.41) is 12.1. The molecule has 5 nitrogen and oxygen atoms in total. The van der Waals surface area contributed by atoms with E-state index in [-0.39, 0.29) is 11.9 Å². The van der Waals surface area contributed by atoms with Crippen LogP contribution in [0.3, 0.4) is 0 Å². The summed E-state index contributed by atoms with van der Waals surface area (Å²) < 4.78 is 0. The number of nitrogens with zero attached hydrogens (tertiary/aromatic N) is 3. The Labute approximate surface area is 101 Å². The number of aromatic nitrogens is 1. The molecule has 5 heteroatoms. The second-order valence-corrected chi connectivity index (χ2v) is 4.30. The maximum atomic E-state index is 8.92. The minimum Gasteiger partial charge on any atom is -0.409 e. The molecule has 0 amide bonds. The molecule has 1 aliphatic rings. The molecule has 0 unspecified atom stereocenters. The minimum absolute atomic E-state index is 0.136. The highest BCUT2D eigenvalue weighted by molar-refractivity contribution is 5.86. The van der Waals surface area contributed by atoms with Crippen molar-refractivity contribution in [2.75, 3.05) is 13.1 Å². The highest BCUT2D eigenvalue weighted by atomic mass is 16.4. The molecule has 2 heterocycles. The molecule has 0 aromatic carbocycles. The largest absolute Gasteiger partial charge is 0.409 e. The Morgan fingerprint density at radius 2 is 1.94 bits per heavy atom. The molecule has 2 rings (SSSR count). The van der Waals surface area contributed by atoms with E-state index in [4.69, 9.17) is 10.9 Å². The van der Waals surface area contributed by atoms with E-state index < -0.39 is 0 Å². The lowest BCUT2D eigenvalue weighted by atomic mass is 10.0. The third-order valence-corrected chi connectivity index (χ3v) is 3.17. The quantitative estimate of drug-likeness (QED) is 0.358. The Kier molecular flexibility index (Phi) is 3.93. The van der Waals surface area contributed by atoms with E-state index in [1.165, 1.54) is 19.3 Å². The summed E-state index contributed by atoms with van der Waals surface area (Å²) in [6, 6.07) is 3.69. The standard InChI is InChI=1S/C12H18N4O/c13-12(15-17)11(10-4-6-14-7-5-10)16-8-2-1-3-9-16/h4-7,11,17H,1-3,8-9H2,(H2,13,15)/t11-/m1/s1. The summed E-state index contributed by atoms with van der Waals surface area (Å²) in [4.78, 5) is 6.25. The van der Waals surface area contributed by atoms with E-state index in [1.54, 1.807) is 12.4 Å². The van der Waals surface area contributed by atoms with E-state index in [0.29, 0.717) is 0 Å². The van der Waals surface area contributed by atoms with Gasteiger partial charge in [0, 0.05) is 12.4 Å². The zero-order chi connectivity index (χ0) is 12.1. The summed E-state index contributed by atoms with van der Waals surface area (Å²) in [7, 11) is 0. The van der Waals surface area contributed by atoms with Crippen LogP contribution in [0.4, 0.5) is 0 Å². The van der Waals surface area contributed by atoms with Gasteiger partial charge in [0.2, 0.25) is 0 Å². The van der Waals surface area contributed by atoms with Crippen molar-refractivity contribution in [2.45, 2.75) is 25.3 Å². The van der Waals surface area contributed by atoms with E-state index in [1.807, 2.05) is 12.1 Å². The Morgan fingerprint density at radius 3 is 2.53 bits per heavy atom. The summed E-state index contributed by atoms with van der Waals surface area (Å²) in [6.45, 7) is 1.98. The molecule has 92 valence electrons. The lowest BCUT2D eigenvalue weighted by Crippen LogP contribution is -2.40. The average Bonchev–Trinajstić information content (AvgIpc) is 2.41. The second-order valence-electron chi connectivity index (χ2n) is 4.30. The lowest BCUT2D eigenvalue weighted by Gasteiger charge is -2.33. The summed E-state index contributed by atoms with van der Waals surface area (Å²) in [5.41, 5.74) is 6.84. The summed E-state index contributed by atoms with van der Waals surface area (Å²) in [5.74, 6) is 0.248. The number of oxime groups is 1. The number of hydrogen-bond acceptors (Lipinski definition) is 4. The number of piperidine rings is 1. The molecule has 1 fully saturated rings. The lowest BCUT2D eigenvalue weighted by molar-refractivity contribution is 0.197. The molecule has 0 aliphatic carbocycles. The number of nitrogens with two attached hydrogens (primary N) is 1. The molecule has 17 heavy (non-hydrogen) atoms. The molecule has 0 saturated carbocycles. The van der Waals surface area contributed by atoms with Crippen LogP contribution in [0, 0.1) is 0 Å². The van der Waals surface area contributed by atoms with Crippen LogP contribution in [0.1, 0.15) is 30.9 Å². The first kappa shape index (κ1) is 11.9. The Bertz CT molecular complexity index is 373. The maximum Gasteiger partial charge on any atom is 0.161 e. The van der Waals surface area contributed by atoms with Gasteiger partial charge in [-0.1, -0.05) is 11.6 Å². The Hall–Kier alpha value is -1.62. The highest BCUT2D eigenvalue weighted by Gasteiger charge is 2.25. The third kappa shape index (κ3) is 2.74. The van der Waals surface area contributed by atoms with Gasteiger partial charge in [-0.3, -0.25) is 9.88 Å². The molecule has 1 aromatic heterocycles. The van der Waals surface area contributed by atoms with Crippen molar-refractivity contribution in [3.05, 3.63) is 30.1 Å². The number of hydrogen-bond donors (Lipinski definition) is 2. The van der Waals surface area contributed by atoms with Gasteiger partial charge in [0.1, 0.15) is 0 Å². The number of amidine groups is 1. The fourth-order valence-corrected chi connectivity index (χ4v) is 2.35. The zero-order valence-corrected chi connectivity index (χ0v) is 9.79. The fraction of sp³-hybridized carbons (Fsp3) is 0.500. The molecular weight excluding hydrogens is 216 g/mol. The first-order valence-electron chi connectivity index (χ1n) is 5.94. The van der Waals surface area contributed by atoms with Crippen molar-refractivity contribution < 1.29 is 5.21 Å². The van der Waals surface area contributed by atoms with Gasteiger partial charge in [-0.15, -0.1) is 0 Å².